The van der Waals surface area contributed by atoms with E-state index in [0.717, 1.165) is 12.1 Å². The SMILES string of the molecule is Fc1ccc(CNCc2cc[nH]c2)cc1Cl. The van der Waals surface area contributed by atoms with E-state index in [-0.39, 0.29) is 10.8 Å². The lowest BCUT2D eigenvalue weighted by Gasteiger charge is -2.04. The molecule has 2 rings (SSSR count). The van der Waals surface area contributed by atoms with Gasteiger partial charge in [-0.25, -0.2) is 4.39 Å². The van der Waals surface area contributed by atoms with Crippen LogP contribution in [-0.2, 0) is 13.1 Å². The second kappa shape index (κ2) is 5.14. The smallest absolute Gasteiger partial charge is 0.141 e. The zero-order chi connectivity index (χ0) is 11.4. The maximum Gasteiger partial charge on any atom is 0.141 e. The van der Waals surface area contributed by atoms with Crippen LogP contribution in [0, 0.1) is 5.82 Å². The quantitative estimate of drug-likeness (QED) is 0.842. The van der Waals surface area contributed by atoms with Gasteiger partial charge in [0.2, 0.25) is 0 Å². The van der Waals surface area contributed by atoms with Crippen LogP contribution in [0.1, 0.15) is 11.1 Å². The minimum atomic E-state index is -0.379. The van der Waals surface area contributed by atoms with Crippen LogP contribution in [0.3, 0.4) is 0 Å². The number of nitrogens with one attached hydrogen (secondary N) is 2. The molecule has 0 aliphatic carbocycles. The normalized spacial score (nSPS) is 10.6. The average molecular weight is 239 g/mol. The highest BCUT2D eigenvalue weighted by atomic mass is 35.5. The summed E-state index contributed by atoms with van der Waals surface area (Å²) in [4.78, 5) is 2.98. The van der Waals surface area contributed by atoms with Crippen LogP contribution in [0.25, 0.3) is 0 Å². The van der Waals surface area contributed by atoms with E-state index in [4.69, 9.17) is 11.6 Å². The van der Waals surface area contributed by atoms with Gasteiger partial charge in [0.1, 0.15) is 5.82 Å². The number of hydrogen-bond donors (Lipinski definition) is 2. The number of benzene rings is 1. The molecule has 0 atom stereocenters. The van der Waals surface area contributed by atoms with Crippen molar-refractivity contribution in [1.82, 2.24) is 10.3 Å². The molecule has 0 unspecified atom stereocenters. The van der Waals surface area contributed by atoms with Gasteiger partial charge in [0.15, 0.2) is 0 Å². The number of H-pyrrole nitrogens is 1. The van der Waals surface area contributed by atoms with Crippen molar-refractivity contribution >= 4 is 11.6 Å². The van der Waals surface area contributed by atoms with Gasteiger partial charge in [-0.2, -0.15) is 0 Å². The summed E-state index contributed by atoms with van der Waals surface area (Å²) in [7, 11) is 0. The van der Waals surface area contributed by atoms with Gasteiger partial charge in [-0.1, -0.05) is 17.7 Å². The molecule has 0 saturated heterocycles. The van der Waals surface area contributed by atoms with E-state index in [1.54, 1.807) is 12.1 Å². The number of rotatable bonds is 4. The Balaban J connectivity index is 1.87. The van der Waals surface area contributed by atoms with Crippen molar-refractivity contribution in [2.24, 2.45) is 0 Å². The zero-order valence-electron chi connectivity index (χ0n) is 8.63. The Kier molecular flexibility index (Phi) is 3.59. The van der Waals surface area contributed by atoms with Gasteiger partial charge in [0.05, 0.1) is 5.02 Å². The van der Waals surface area contributed by atoms with Crippen LogP contribution >= 0.6 is 11.6 Å². The Bertz CT molecular complexity index is 454. The molecule has 0 radical (unpaired) electrons. The van der Waals surface area contributed by atoms with Crippen molar-refractivity contribution < 1.29 is 4.39 Å². The maximum atomic E-state index is 12.9. The van der Waals surface area contributed by atoms with Crippen molar-refractivity contribution in [1.29, 1.82) is 0 Å². The third kappa shape index (κ3) is 2.84. The highest BCUT2D eigenvalue weighted by molar-refractivity contribution is 6.30. The monoisotopic (exact) mass is 238 g/mol. The van der Waals surface area contributed by atoms with Crippen LogP contribution in [0.5, 0.6) is 0 Å². The van der Waals surface area contributed by atoms with E-state index in [9.17, 15) is 4.39 Å². The van der Waals surface area contributed by atoms with E-state index in [1.165, 1.54) is 11.6 Å². The third-order valence-electron chi connectivity index (χ3n) is 2.30. The fourth-order valence-corrected chi connectivity index (χ4v) is 1.67. The zero-order valence-corrected chi connectivity index (χ0v) is 9.39. The van der Waals surface area contributed by atoms with Crippen molar-refractivity contribution in [2.75, 3.05) is 0 Å². The standard InChI is InChI=1S/C12H12ClFN2/c13-11-5-9(1-2-12(11)14)6-16-8-10-3-4-15-7-10/h1-5,7,15-16H,6,8H2. The fraction of sp³-hybridized carbons (Fsp3) is 0.167. The van der Waals surface area contributed by atoms with E-state index in [2.05, 4.69) is 10.3 Å². The third-order valence-corrected chi connectivity index (χ3v) is 2.59. The Morgan fingerprint density at radius 2 is 2.00 bits per heavy atom. The Hall–Kier alpha value is -1.32. The van der Waals surface area contributed by atoms with Gasteiger partial charge in [-0.3, -0.25) is 0 Å². The fourth-order valence-electron chi connectivity index (χ4n) is 1.47. The number of halogens is 2. The summed E-state index contributed by atoms with van der Waals surface area (Å²) in [6.07, 6.45) is 3.82. The molecular formula is C12H12ClFN2. The molecule has 2 nitrogen and oxygen atoms in total. The van der Waals surface area contributed by atoms with Gasteiger partial charge in [-0.15, -0.1) is 0 Å². The molecule has 0 aliphatic rings. The molecule has 0 aliphatic heterocycles. The predicted molar refractivity (Wildman–Crippen MR) is 62.7 cm³/mol. The molecule has 0 fully saturated rings. The minimum Gasteiger partial charge on any atom is -0.367 e. The second-order valence-electron chi connectivity index (χ2n) is 3.57. The predicted octanol–water partition coefficient (Wildman–Crippen LogP) is 3.10. The first kappa shape index (κ1) is 11.2. The molecule has 84 valence electrons. The summed E-state index contributed by atoms with van der Waals surface area (Å²) in [5, 5.41) is 3.42. The molecule has 2 N–H and O–H groups in total. The number of hydrogen-bond acceptors (Lipinski definition) is 1. The molecule has 1 heterocycles. The highest BCUT2D eigenvalue weighted by Gasteiger charge is 2.00. The highest BCUT2D eigenvalue weighted by Crippen LogP contribution is 2.15. The topological polar surface area (TPSA) is 27.8 Å². The molecule has 2 aromatic rings. The Morgan fingerprint density at radius 3 is 2.69 bits per heavy atom. The van der Waals surface area contributed by atoms with E-state index in [1.807, 2.05) is 18.5 Å². The van der Waals surface area contributed by atoms with E-state index >= 15 is 0 Å². The first-order valence-corrected chi connectivity index (χ1v) is 5.40. The number of aromatic amines is 1. The van der Waals surface area contributed by atoms with Gasteiger partial charge in [0, 0.05) is 25.5 Å². The molecule has 16 heavy (non-hydrogen) atoms. The molecule has 0 amide bonds. The summed E-state index contributed by atoms with van der Waals surface area (Å²) < 4.78 is 12.9. The lowest BCUT2D eigenvalue weighted by Crippen LogP contribution is -2.12. The van der Waals surface area contributed by atoms with Crippen LogP contribution in [0.15, 0.2) is 36.7 Å². The number of aromatic nitrogens is 1. The molecule has 1 aromatic carbocycles. The van der Waals surface area contributed by atoms with Gasteiger partial charge >= 0.3 is 0 Å². The van der Waals surface area contributed by atoms with Crippen LogP contribution in [-0.4, -0.2) is 4.98 Å². The maximum absolute atomic E-state index is 12.9. The lowest BCUT2D eigenvalue weighted by atomic mass is 10.2. The molecule has 0 spiro atoms. The van der Waals surface area contributed by atoms with Gasteiger partial charge in [0.25, 0.3) is 0 Å². The van der Waals surface area contributed by atoms with Crippen molar-refractivity contribution in [3.8, 4) is 0 Å². The Labute approximate surface area is 98.4 Å². The summed E-state index contributed by atoms with van der Waals surface area (Å²) in [6, 6.07) is 6.76. The average Bonchev–Trinajstić information content (AvgIpc) is 2.76. The van der Waals surface area contributed by atoms with E-state index < -0.39 is 0 Å². The van der Waals surface area contributed by atoms with Crippen molar-refractivity contribution in [3.05, 3.63) is 58.6 Å². The van der Waals surface area contributed by atoms with Crippen LogP contribution in [0.2, 0.25) is 5.02 Å². The first-order valence-electron chi connectivity index (χ1n) is 5.02. The van der Waals surface area contributed by atoms with Crippen LogP contribution < -0.4 is 5.32 Å². The van der Waals surface area contributed by atoms with E-state index in [0.29, 0.717) is 6.54 Å². The molecule has 4 heteroatoms. The summed E-state index contributed by atoms with van der Waals surface area (Å²) in [5.74, 6) is -0.379. The van der Waals surface area contributed by atoms with Gasteiger partial charge < -0.3 is 10.3 Å². The summed E-state index contributed by atoms with van der Waals surface area (Å²) in [5.41, 5.74) is 2.16. The summed E-state index contributed by atoms with van der Waals surface area (Å²) >= 11 is 5.68. The van der Waals surface area contributed by atoms with Crippen molar-refractivity contribution in [3.63, 3.8) is 0 Å². The first-order chi connectivity index (χ1) is 7.75. The Morgan fingerprint density at radius 1 is 1.19 bits per heavy atom. The van der Waals surface area contributed by atoms with Gasteiger partial charge in [-0.05, 0) is 29.3 Å². The van der Waals surface area contributed by atoms with Crippen molar-refractivity contribution in [2.45, 2.75) is 13.1 Å². The molecule has 1 aromatic heterocycles. The lowest BCUT2D eigenvalue weighted by molar-refractivity contribution is 0.625. The molecule has 0 saturated carbocycles. The molecule has 0 bridgehead atoms. The largest absolute Gasteiger partial charge is 0.367 e. The second-order valence-corrected chi connectivity index (χ2v) is 3.98. The summed E-state index contributed by atoms with van der Waals surface area (Å²) in [6.45, 7) is 1.45. The molecular weight excluding hydrogens is 227 g/mol. The minimum absolute atomic E-state index is 0.168. The van der Waals surface area contributed by atoms with Crippen LogP contribution in [0.4, 0.5) is 4.39 Å².